The molecule has 0 aliphatic rings. The number of carbonyl (C=O) groups is 1. The van der Waals surface area contributed by atoms with E-state index in [1.54, 1.807) is 51.7 Å². The SMILES string of the molecule is COCc1cnc2c(c1SCC(=O)c1ccc(OC)cc1)c(=O)n(C)c(=O)n2C. The quantitative estimate of drug-likeness (QED) is 0.429. The summed E-state index contributed by atoms with van der Waals surface area (Å²) in [6.07, 6.45) is 1.57. The number of aryl methyl sites for hydroxylation is 1. The van der Waals surface area contributed by atoms with Gasteiger partial charge in [0.15, 0.2) is 5.78 Å². The van der Waals surface area contributed by atoms with Crippen molar-refractivity contribution in [2.45, 2.75) is 11.5 Å². The predicted molar refractivity (Wildman–Crippen MR) is 111 cm³/mol. The molecule has 0 spiro atoms. The minimum Gasteiger partial charge on any atom is -0.497 e. The van der Waals surface area contributed by atoms with Crippen molar-refractivity contribution in [2.24, 2.45) is 14.1 Å². The highest BCUT2D eigenvalue weighted by Crippen LogP contribution is 2.29. The lowest BCUT2D eigenvalue weighted by atomic mass is 10.1. The fourth-order valence-electron chi connectivity index (χ4n) is 2.96. The highest BCUT2D eigenvalue weighted by atomic mass is 32.2. The number of rotatable bonds is 7. The standard InChI is InChI=1S/C20H21N3O5S/c1-22-18-16(19(25)23(2)20(22)26)17(13(9-21-18)10-27-3)29-11-15(24)12-5-7-14(28-4)8-6-12/h5-9H,10-11H2,1-4H3. The summed E-state index contributed by atoms with van der Waals surface area (Å²) in [7, 11) is 6.08. The number of aromatic nitrogens is 3. The highest BCUT2D eigenvalue weighted by molar-refractivity contribution is 8.00. The van der Waals surface area contributed by atoms with E-state index in [0.29, 0.717) is 27.2 Å². The Kier molecular flexibility index (Phi) is 6.19. The molecule has 0 atom stereocenters. The molecule has 0 saturated heterocycles. The van der Waals surface area contributed by atoms with Crippen LogP contribution in [0.25, 0.3) is 11.0 Å². The first-order chi connectivity index (χ1) is 13.9. The minimum absolute atomic E-state index is 0.0902. The molecule has 2 heterocycles. The van der Waals surface area contributed by atoms with E-state index in [1.807, 2.05) is 0 Å². The first-order valence-corrected chi connectivity index (χ1v) is 9.74. The van der Waals surface area contributed by atoms with Crippen LogP contribution >= 0.6 is 11.8 Å². The number of methoxy groups -OCH3 is 2. The second-order valence-electron chi connectivity index (χ2n) is 6.39. The lowest BCUT2D eigenvalue weighted by Gasteiger charge is -2.14. The number of Topliss-reactive ketones (excluding diaryl/α,β-unsaturated/α-hetero) is 1. The van der Waals surface area contributed by atoms with Crippen LogP contribution in [0.2, 0.25) is 0 Å². The predicted octanol–water partition coefficient (Wildman–Crippen LogP) is 1.76. The van der Waals surface area contributed by atoms with Gasteiger partial charge < -0.3 is 9.47 Å². The van der Waals surface area contributed by atoms with Crippen LogP contribution in [0.1, 0.15) is 15.9 Å². The summed E-state index contributed by atoms with van der Waals surface area (Å²) in [5, 5.41) is 0.302. The van der Waals surface area contributed by atoms with E-state index in [-0.39, 0.29) is 23.8 Å². The molecule has 8 nitrogen and oxygen atoms in total. The number of hydrogen-bond donors (Lipinski definition) is 0. The molecule has 0 aliphatic carbocycles. The lowest BCUT2D eigenvalue weighted by Crippen LogP contribution is -2.37. The van der Waals surface area contributed by atoms with Crippen LogP contribution in [0.3, 0.4) is 0 Å². The van der Waals surface area contributed by atoms with Crippen LogP contribution in [0.4, 0.5) is 0 Å². The van der Waals surface area contributed by atoms with E-state index >= 15 is 0 Å². The van der Waals surface area contributed by atoms with Gasteiger partial charge in [-0.3, -0.25) is 18.7 Å². The van der Waals surface area contributed by atoms with Crippen LogP contribution in [0.5, 0.6) is 5.75 Å². The molecule has 1 aromatic carbocycles. The number of ether oxygens (including phenoxy) is 2. The topological polar surface area (TPSA) is 92.4 Å². The number of benzene rings is 1. The van der Waals surface area contributed by atoms with Gasteiger partial charge in [0.05, 0.1) is 24.9 Å². The molecule has 0 fully saturated rings. The molecule has 152 valence electrons. The van der Waals surface area contributed by atoms with Crippen molar-refractivity contribution >= 4 is 28.6 Å². The fraction of sp³-hybridized carbons (Fsp3) is 0.300. The van der Waals surface area contributed by atoms with Gasteiger partial charge in [-0.25, -0.2) is 9.78 Å². The number of ketones is 1. The molecular formula is C20H21N3O5S. The summed E-state index contributed by atoms with van der Waals surface area (Å²) in [6.45, 7) is 0.230. The largest absolute Gasteiger partial charge is 0.497 e. The van der Waals surface area contributed by atoms with Gasteiger partial charge in [-0.15, -0.1) is 11.8 Å². The molecule has 0 amide bonds. The van der Waals surface area contributed by atoms with Crippen molar-refractivity contribution in [1.29, 1.82) is 0 Å². The Morgan fingerprint density at radius 1 is 1.10 bits per heavy atom. The summed E-state index contributed by atoms with van der Waals surface area (Å²) in [5.74, 6) is 0.697. The van der Waals surface area contributed by atoms with Crippen LogP contribution in [0.15, 0.2) is 44.9 Å². The van der Waals surface area contributed by atoms with Gasteiger partial charge in [-0.1, -0.05) is 0 Å². The third-order valence-electron chi connectivity index (χ3n) is 4.55. The maximum absolute atomic E-state index is 12.8. The van der Waals surface area contributed by atoms with Crippen molar-refractivity contribution in [2.75, 3.05) is 20.0 Å². The Morgan fingerprint density at radius 3 is 2.41 bits per heavy atom. The van der Waals surface area contributed by atoms with Crippen LogP contribution in [0, 0.1) is 0 Å². The second-order valence-corrected chi connectivity index (χ2v) is 7.38. The first kappa shape index (κ1) is 20.8. The molecule has 0 unspecified atom stereocenters. The Labute approximate surface area is 171 Å². The number of hydrogen-bond acceptors (Lipinski definition) is 7. The summed E-state index contributed by atoms with van der Waals surface area (Å²) in [4.78, 5) is 42.6. The Balaban J connectivity index is 2.04. The summed E-state index contributed by atoms with van der Waals surface area (Å²) in [5.41, 5.74) is 0.596. The van der Waals surface area contributed by atoms with Gasteiger partial charge in [0.25, 0.3) is 5.56 Å². The molecule has 2 aromatic heterocycles. The minimum atomic E-state index is -0.459. The maximum atomic E-state index is 12.8. The molecule has 0 N–H and O–H groups in total. The Morgan fingerprint density at radius 2 is 1.79 bits per heavy atom. The van der Waals surface area contributed by atoms with E-state index < -0.39 is 11.2 Å². The summed E-state index contributed by atoms with van der Waals surface area (Å²) < 4.78 is 12.7. The van der Waals surface area contributed by atoms with Crippen LogP contribution in [-0.4, -0.2) is 39.9 Å². The molecule has 29 heavy (non-hydrogen) atoms. The van der Waals surface area contributed by atoms with E-state index in [4.69, 9.17) is 9.47 Å². The molecule has 0 radical (unpaired) electrons. The van der Waals surface area contributed by atoms with Crippen LogP contribution in [-0.2, 0) is 25.4 Å². The van der Waals surface area contributed by atoms with Gasteiger partial charge in [0, 0.05) is 43.4 Å². The van der Waals surface area contributed by atoms with E-state index in [2.05, 4.69) is 4.98 Å². The Hall–Kier alpha value is -2.91. The Bertz CT molecular complexity index is 1180. The number of thioether (sulfide) groups is 1. The van der Waals surface area contributed by atoms with E-state index in [9.17, 15) is 14.4 Å². The van der Waals surface area contributed by atoms with Crippen LogP contribution < -0.4 is 16.0 Å². The molecule has 3 aromatic rings. The van der Waals surface area contributed by atoms with E-state index in [0.717, 1.165) is 4.57 Å². The summed E-state index contributed by atoms with van der Waals surface area (Å²) in [6, 6.07) is 6.85. The lowest BCUT2D eigenvalue weighted by molar-refractivity contribution is 0.102. The zero-order valence-electron chi connectivity index (χ0n) is 16.6. The van der Waals surface area contributed by atoms with Gasteiger partial charge in [-0.05, 0) is 24.3 Å². The van der Waals surface area contributed by atoms with Crippen molar-refractivity contribution in [3.63, 3.8) is 0 Å². The number of carbonyl (C=O) groups excluding carboxylic acids is 1. The van der Waals surface area contributed by atoms with Gasteiger partial charge in [0.2, 0.25) is 0 Å². The maximum Gasteiger partial charge on any atom is 0.332 e. The molecule has 0 bridgehead atoms. The third kappa shape index (κ3) is 3.96. The normalized spacial score (nSPS) is 11.0. The average Bonchev–Trinajstić information content (AvgIpc) is 2.74. The summed E-state index contributed by atoms with van der Waals surface area (Å²) >= 11 is 1.24. The molecule has 9 heteroatoms. The number of fused-ring (bicyclic) bond motifs is 1. The van der Waals surface area contributed by atoms with Gasteiger partial charge in [-0.2, -0.15) is 0 Å². The molecule has 3 rings (SSSR count). The highest BCUT2D eigenvalue weighted by Gasteiger charge is 2.19. The first-order valence-electron chi connectivity index (χ1n) is 8.75. The van der Waals surface area contributed by atoms with Gasteiger partial charge in [0.1, 0.15) is 11.4 Å². The van der Waals surface area contributed by atoms with E-state index in [1.165, 1.54) is 23.4 Å². The third-order valence-corrected chi connectivity index (χ3v) is 5.72. The monoisotopic (exact) mass is 415 g/mol. The zero-order chi connectivity index (χ0) is 21.1. The number of pyridine rings is 1. The molecule has 0 aliphatic heterocycles. The van der Waals surface area contributed by atoms with Crippen molar-refractivity contribution in [3.8, 4) is 5.75 Å². The smallest absolute Gasteiger partial charge is 0.332 e. The van der Waals surface area contributed by atoms with Crippen molar-refractivity contribution in [3.05, 3.63) is 62.4 Å². The zero-order valence-corrected chi connectivity index (χ0v) is 17.4. The van der Waals surface area contributed by atoms with Crippen molar-refractivity contribution in [1.82, 2.24) is 14.1 Å². The van der Waals surface area contributed by atoms with Gasteiger partial charge >= 0.3 is 5.69 Å². The second kappa shape index (κ2) is 8.62. The fourth-order valence-corrected chi connectivity index (χ4v) is 4.02. The van der Waals surface area contributed by atoms with Crippen molar-refractivity contribution < 1.29 is 14.3 Å². The number of nitrogens with zero attached hydrogens (tertiary/aromatic N) is 3. The molecular weight excluding hydrogens is 394 g/mol. The molecule has 0 saturated carbocycles. The average molecular weight is 415 g/mol.